The van der Waals surface area contributed by atoms with E-state index in [0.717, 1.165) is 27.6 Å². The topological polar surface area (TPSA) is 24.4 Å². The first-order valence-electron chi connectivity index (χ1n) is 4.46. The van der Waals surface area contributed by atoms with Crippen molar-refractivity contribution in [2.24, 2.45) is 4.99 Å². The van der Waals surface area contributed by atoms with Gasteiger partial charge >= 0.3 is 0 Å². The Morgan fingerprint density at radius 3 is 3.00 bits per heavy atom. The van der Waals surface area contributed by atoms with Crippen LogP contribution in [0.4, 0.5) is 5.69 Å². The lowest BCUT2D eigenvalue weighted by atomic mass is 10.2. The Hall–Kier alpha value is -0.480. The van der Waals surface area contributed by atoms with Gasteiger partial charge in [-0.2, -0.15) is 0 Å². The molecule has 1 aliphatic heterocycles. The first-order valence-corrected chi connectivity index (χ1v) is 6.24. The van der Waals surface area contributed by atoms with E-state index in [1.54, 1.807) is 11.8 Å². The highest BCUT2D eigenvalue weighted by Gasteiger charge is 2.07. The average molecular weight is 271 g/mol. The second-order valence-electron chi connectivity index (χ2n) is 3.12. The van der Waals surface area contributed by atoms with Crippen LogP contribution in [0.3, 0.4) is 0 Å². The molecular weight excluding hydrogens is 260 g/mol. The van der Waals surface area contributed by atoms with Gasteiger partial charge in [0.05, 0.1) is 6.54 Å². The minimum absolute atomic E-state index is 0.933. The Kier molecular flexibility index (Phi) is 3.13. The van der Waals surface area contributed by atoms with Crippen molar-refractivity contribution < 1.29 is 0 Å². The van der Waals surface area contributed by atoms with Crippen molar-refractivity contribution in [2.45, 2.75) is 6.92 Å². The van der Waals surface area contributed by atoms with Crippen LogP contribution in [0.1, 0.15) is 5.56 Å². The zero-order valence-electron chi connectivity index (χ0n) is 7.88. The Morgan fingerprint density at radius 2 is 2.36 bits per heavy atom. The maximum absolute atomic E-state index is 4.34. The number of rotatable bonds is 1. The van der Waals surface area contributed by atoms with Crippen LogP contribution in [0.5, 0.6) is 0 Å². The summed E-state index contributed by atoms with van der Waals surface area (Å²) in [5, 5.41) is 4.34. The van der Waals surface area contributed by atoms with Crippen LogP contribution < -0.4 is 5.32 Å². The average Bonchev–Trinajstić information content (AvgIpc) is 2.64. The molecule has 0 spiro atoms. The second kappa shape index (κ2) is 4.36. The van der Waals surface area contributed by atoms with E-state index in [0.29, 0.717) is 0 Å². The van der Waals surface area contributed by atoms with Gasteiger partial charge in [0.1, 0.15) is 0 Å². The second-order valence-corrected chi connectivity index (χ2v) is 5.06. The van der Waals surface area contributed by atoms with Gasteiger partial charge in [0.25, 0.3) is 0 Å². The molecule has 74 valence electrons. The fourth-order valence-electron chi connectivity index (χ4n) is 1.26. The van der Waals surface area contributed by atoms with Crippen LogP contribution in [0, 0.1) is 6.92 Å². The number of thioether (sulfide) groups is 1. The summed E-state index contributed by atoms with van der Waals surface area (Å²) in [6.07, 6.45) is 0. The number of aryl methyl sites for hydroxylation is 1. The van der Waals surface area contributed by atoms with Crippen molar-refractivity contribution in [3.05, 3.63) is 28.2 Å². The fourth-order valence-corrected chi connectivity index (χ4v) is 2.25. The highest BCUT2D eigenvalue weighted by atomic mass is 79.9. The molecule has 0 aromatic heterocycles. The fraction of sp³-hybridized carbons (Fsp3) is 0.300. The zero-order valence-corrected chi connectivity index (χ0v) is 10.3. The van der Waals surface area contributed by atoms with Gasteiger partial charge in [-0.05, 0) is 30.7 Å². The van der Waals surface area contributed by atoms with E-state index < -0.39 is 0 Å². The molecule has 1 aliphatic rings. The summed E-state index contributed by atoms with van der Waals surface area (Å²) >= 11 is 5.25. The third kappa shape index (κ3) is 2.30. The number of hydrogen-bond acceptors (Lipinski definition) is 3. The van der Waals surface area contributed by atoms with Crippen LogP contribution in [0.2, 0.25) is 0 Å². The van der Waals surface area contributed by atoms with Crippen molar-refractivity contribution >= 4 is 38.5 Å². The van der Waals surface area contributed by atoms with E-state index in [1.807, 2.05) is 0 Å². The summed E-state index contributed by atoms with van der Waals surface area (Å²) in [6.45, 7) is 3.02. The molecule has 0 fully saturated rings. The maximum atomic E-state index is 4.34. The lowest BCUT2D eigenvalue weighted by Gasteiger charge is -2.06. The van der Waals surface area contributed by atoms with E-state index in [9.17, 15) is 0 Å². The quantitative estimate of drug-likeness (QED) is 0.847. The molecule has 1 heterocycles. The smallest absolute Gasteiger partial charge is 0.161 e. The normalized spacial score (nSPS) is 15.4. The minimum atomic E-state index is 0.933. The van der Waals surface area contributed by atoms with E-state index in [1.165, 1.54) is 5.56 Å². The molecule has 0 amide bonds. The van der Waals surface area contributed by atoms with Gasteiger partial charge in [0, 0.05) is 15.9 Å². The molecule has 0 radical (unpaired) electrons. The molecule has 2 rings (SSSR count). The van der Waals surface area contributed by atoms with Crippen LogP contribution >= 0.6 is 27.7 Å². The van der Waals surface area contributed by atoms with E-state index in [-0.39, 0.29) is 0 Å². The molecule has 0 unspecified atom stereocenters. The third-order valence-electron chi connectivity index (χ3n) is 1.99. The summed E-state index contributed by atoms with van der Waals surface area (Å²) in [5.41, 5.74) is 2.34. The zero-order chi connectivity index (χ0) is 9.97. The minimum Gasteiger partial charge on any atom is -0.335 e. The van der Waals surface area contributed by atoms with Gasteiger partial charge < -0.3 is 5.32 Å². The molecule has 0 atom stereocenters. The first-order chi connectivity index (χ1) is 6.75. The first kappa shape index (κ1) is 10.1. The molecule has 0 saturated carbocycles. The molecular formula is C10H11BrN2S. The highest BCUT2D eigenvalue weighted by molar-refractivity contribution is 9.10. The number of hydrogen-bond donors (Lipinski definition) is 1. The summed E-state index contributed by atoms with van der Waals surface area (Å²) < 4.78 is 1.14. The molecule has 1 aromatic carbocycles. The lowest BCUT2D eigenvalue weighted by molar-refractivity contribution is 1.17. The molecule has 14 heavy (non-hydrogen) atoms. The van der Waals surface area contributed by atoms with E-state index in [2.05, 4.69) is 51.4 Å². The Balaban J connectivity index is 2.13. The van der Waals surface area contributed by atoms with E-state index in [4.69, 9.17) is 0 Å². The number of nitrogens with zero attached hydrogens (tertiary/aromatic N) is 1. The van der Waals surface area contributed by atoms with Gasteiger partial charge in [0.15, 0.2) is 5.17 Å². The van der Waals surface area contributed by atoms with Gasteiger partial charge in [-0.15, -0.1) is 0 Å². The monoisotopic (exact) mass is 270 g/mol. The van der Waals surface area contributed by atoms with Crippen molar-refractivity contribution in [1.82, 2.24) is 0 Å². The number of anilines is 1. The largest absolute Gasteiger partial charge is 0.335 e. The standard InChI is InChI=1S/C10H11BrN2S/c1-7-6-8(2-3-9(7)11)13-10-12-4-5-14-10/h2-3,6H,4-5H2,1H3,(H,12,13). The number of nitrogens with one attached hydrogen (secondary N) is 1. The predicted molar refractivity (Wildman–Crippen MR) is 67.3 cm³/mol. The van der Waals surface area contributed by atoms with Crippen LogP contribution in [0.15, 0.2) is 27.7 Å². The third-order valence-corrected chi connectivity index (χ3v) is 3.78. The number of benzene rings is 1. The Morgan fingerprint density at radius 1 is 1.50 bits per heavy atom. The molecule has 0 saturated heterocycles. The Bertz CT molecular complexity index is 376. The van der Waals surface area contributed by atoms with Crippen LogP contribution in [-0.4, -0.2) is 17.5 Å². The van der Waals surface area contributed by atoms with Crippen LogP contribution in [0.25, 0.3) is 0 Å². The van der Waals surface area contributed by atoms with Gasteiger partial charge in [0.2, 0.25) is 0 Å². The number of aliphatic imine (C=N–C) groups is 1. The maximum Gasteiger partial charge on any atom is 0.161 e. The Labute approximate surface area is 96.3 Å². The molecule has 0 bridgehead atoms. The van der Waals surface area contributed by atoms with Crippen molar-refractivity contribution in [3.8, 4) is 0 Å². The predicted octanol–water partition coefficient (Wildman–Crippen LogP) is 3.27. The molecule has 2 nitrogen and oxygen atoms in total. The molecule has 1 aromatic rings. The summed E-state index contributed by atoms with van der Waals surface area (Å²) in [7, 11) is 0. The SMILES string of the molecule is Cc1cc(NC2=NCCS2)ccc1Br. The summed E-state index contributed by atoms with van der Waals surface area (Å²) in [6, 6.07) is 6.22. The van der Waals surface area contributed by atoms with Crippen LogP contribution in [-0.2, 0) is 0 Å². The van der Waals surface area contributed by atoms with Gasteiger partial charge in [-0.1, -0.05) is 27.7 Å². The van der Waals surface area contributed by atoms with Crippen molar-refractivity contribution in [2.75, 3.05) is 17.6 Å². The van der Waals surface area contributed by atoms with Crippen molar-refractivity contribution in [1.29, 1.82) is 0 Å². The van der Waals surface area contributed by atoms with E-state index >= 15 is 0 Å². The van der Waals surface area contributed by atoms with Crippen molar-refractivity contribution in [3.63, 3.8) is 0 Å². The molecule has 4 heteroatoms. The molecule has 0 aliphatic carbocycles. The van der Waals surface area contributed by atoms with Gasteiger partial charge in [-0.3, -0.25) is 4.99 Å². The highest BCUT2D eigenvalue weighted by Crippen LogP contribution is 2.22. The number of amidine groups is 1. The summed E-state index contributed by atoms with van der Waals surface area (Å²) in [5.74, 6) is 1.10. The van der Waals surface area contributed by atoms with Gasteiger partial charge in [-0.25, -0.2) is 0 Å². The number of halogens is 1. The lowest BCUT2D eigenvalue weighted by Crippen LogP contribution is -2.04. The summed E-state index contributed by atoms with van der Waals surface area (Å²) in [4.78, 5) is 4.34. The molecule has 1 N–H and O–H groups in total.